The van der Waals surface area contributed by atoms with Gasteiger partial charge in [0.25, 0.3) is 0 Å². The Hall–Kier alpha value is -0.990. The highest BCUT2D eigenvalue weighted by molar-refractivity contribution is 5.76. The molecule has 0 aromatic carbocycles. The molecule has 0 fully saturated rings. The van der Waals surface area contributed by atoms with Gasteiger partial charge in [-0.3, -0.25) is 10.1 Å². The second-order valence-corrected chi connectivity index (χ2v) is 5.98. The number of nitrogens with two attached hydrogens (primary N) is 3. The lowest BCUT2D eigenvalue weighted by atomic mass is 9.90. The maximum atomic E-state index is 12.0. The number of hydrogen-bond donors (Lipinski definition) is 6. The van der Waals surface area contributed by atoms with E-state index in [1.807, 2.05) is 0 Å². The number of allylic oxidation sites excluding steroid dienone is 2. The smallest absolute Gasteiger partial charge is 0.220 e. The van der Waals surface area contributed by atoms with Gasteiger partial charge in [0.2, 0.25) is 5.91 Å². The normalized spacial score (nSPS) is 20.9. The fourth-order valence-corrected chi connectivity index (χ4v) is 2.65. The minimum atomic E-state index is -1.06. The zero-order chi connectivity index (χ0) is 16.4. The summed E-state index contributed by atoms with van der Waals surface area (Å²) in [5, 5.41) is 15.3. The van der Waals surface area contributed by atoms with Gasteiger partial charge >= 0.3 is 0 Å². The summed E-state index contributed by atoms with van der Waals surface area (Å²) in [6.45, 7) is 0.616. The summed E-state index contributed by atoms with van der Waals surface area (Å²) < 4.78 is 0. The fraction of sp³-hybridized carbons (Fsp3) is 0.800. The Kier molecular flexibility index (Phi) is 9.26. The lowest BCUT2D eigenvalue weighted by Crippen LogP contribution is -2.49. The molecule has 1 amide bonds. The number of aliphatic hydroxyl groups excluding tert-OH is 1. The van der Waals surface area contributed by atoms with Crippen molar-refractivity contribution in [2.24, 2.45) is 23.1 Å². The zero-order valence-corrected chi connectivity index (χ0v) is 13.2. The molecule has 7 nitrogen and oxygen atoms in total. The Bertz CT molecular complexity index is 347. The van der Waals surface area contributed by atoms with Crippen molar-refractivity contribution in [1.29, 1.82) is 0 Å². The molecule has 0 aromatic heterocycles. The summed E-state index contributed by atoms with van der Waals surface area (Å²) in [5.41, 5.74) is 16.3. The van der Waals surface area contributed by atoms with Gasteiger partial charge in [0, 0.05) is 6.42 Å². The Morgan fingerprint density at radius 3 is 2.68 bits per heavy atom. The van der Waals surface area contributed by atoms with E-state index in [0.717, 1.165) is 32.1 Å². The van der Waals surface area contributed by atoms with Crippen LogP contribution in [0.5, 0.6) is 0 Å². The second-order valence-electron chi connectivity index (χ2n) is 5.98. The first-order valence-corrected chi connectivity index (χ1v) is 8.11. The third kappa shape index (κ3) is 8.45. The van der Waals surface area contributed by atoms with Crippen LogP contribution in [0.2, 0.25) is 0 Å². The van der Waals surface area contributed by atoms with Crippen molar-refractivity contribution in [3.63, 3.8) is 0 Å². The van der Waals surface area contributed by atoms with E-state index in [1.165, 1.54) is 0 Å². The van der Waals surface area contributed by atoms with E-state index in [2.05, 4.69) is 22.8 Å². The van der Waals surface area contributed by atoms with Crippen molar-refractivity contribution in [3.05, 3.63) is 12.2 Å². The van der Waals surface area contributed by atoms with Crippen LogP contribution in [0.3, 0.4) is 0 Å². The van der Waals surface area contributed by atoms with E-state index < -0.39 is 18.6 Å². The maximum absolute atomic E-state index is 12.0. The third-order valence-electron chi connectivity index (χ3n) is 3.99. The van der Waals surface area contributed by atoms with E-state index in [1.54, 1.807) is 0 Å². The Morgan fingerprint density at radius 1 is 1.32 bits per heavy atom. The van der Waals surface area contributed by atoms with Crippen LogP contribution in [0.15, 0.2) is 12.2 Å². The zero-order valence-electron chi connectivity index (χ0n) is 13.2. The molecule has 9 N–H and O–H groups in total. The molecule has 0 heterocycles. The van der Waals surface area contributed by atoms with Gasteiger partial charge in [0.1, 0.15) is 12.5 Å². The van der Waals surface area contributed by atoms with Gasteiger partial charge in [-0.05, 0) is 51.0 Å². The Morgan fingerprint density at radius 2 is 2.09 bits per heavy atom. The van der Waals surface area contributed by atoms with E-state index in [9.17, 15) is 9.90 Å². The highest BCUT2D eigenvalue weighted by Crippen LogP contribution is 2.22. The van der Waals surface area contributed by atoms with Crippen LogP contribution >= 0.6 is 0 Å². The average Bonchev–Trinajstić information content (AvgIpc) is 2.48. The minimum absolute atomic E-state index is 0.0486. The molecule has 0 aliphatic heterocycles. The van der Waals surface area contributed by atoms with Gasteiger partial charge in [-0.1, -0.05) is 12.2 Å². The molecule has 1 aliphatic carbocycles. The molecule has 7 heteroatoms. The van der Waals surface area contributed by atoms with Gasteiger partial charge in [0.05, 0.1) is 6.04 Å². The maximum Gasteiger partial charge on any atom is 0.220 e. The molecule has 0 spiro atoms. The number of amides is 1. The first-order valence-electron chi connectivity index (χ1n) is 8.11. The number of hydrogen-bond acceptors (Lipinski definition) is 6. The van der Waals surface area contributed by atoms with Gasteiger partial charge in [0.15, 0.2) is 0 Å². The number of carbonyl (C=O) groups excluding carboxylic acids is 1. The predicted molar refractivity (Wildman–Crippen MR) is 87.2 cm³/mol. The Labute approximate surface area is 132 Å². The standard InChI is InChI=1S/C15H31N5O2/c16-14(22)12(7-4-10-19-15(17)18)20-13(21)9-8-11-5-2-1-3-6-11/h1-2,11-12,14-15,19,22H,3-10,16-18H2,(H,20,21). The van der Waals surface area contributed by atoms with Crippen molar-refractivity contribution < 1.29 is 9.90 Å². The molecule has 1 aliphatic rings. The van der Waals surface area contributed by atoms with Gasteiger partial charge in [-0.2, -0.15) is 0 Å². The van der Waals surface area contributed by atoms with Crippen molar-refractivity contribution >= 4 is 5.91 Å². The molecule has 0 radical (unpaired) electrons. The average molecular weight is 313 g/mol. The Balaban J connectivity index is 2.23. The molecular weight excluding hydrogens is 282 g/mol. The van der Waals surface area contributed by atoms with Gasteiger partial charge in [-0.15, -0.1) is 0 Å². The third-order valence-corrected chi connectivity index (χ3v) is 3.99. The van der Waals surface area contributed by atoms with Crippen molar-refractivity contribution in [2.45, 2.75) is 63.5 Å². The molecule has 0 bridgehead atoms. The van der Waals surface area contributed by atoms with Crippen LogP contribution in [-0.4, -0.2) is 36.1 Å². The summed E-state index contributed by atoms with van der Waals surface area (Å²) in [4.78, 5) is 12.0. The number of rotatable bonds is 10. The largest absolute Gasteiger partial charge is 0.377 e. The monoisotopic (exact) mass is 313 g/mol. The topological polar surface area (TPSA) is 139 Å². The lowest BCUT2D eigenvalue weighted by molar-refractivity contribution is -0.123. The molecule has 22 heavy (non-hydrogen) atoms. The number of aliphatic hydroxyl groups is 1. The van der Waals surface area contributed by atoms with Crippen LogP contribution in [0, 0.1) is 5.92 Å². The second kappa shape index (κ2) is 10.7. The predicted octanol–water partition coefficient (Wildman–Crippen LogP) is -0.544. The first kappa shape index (κ1) is 19.1. The van der Waals surface area contributed by atoms with Gasteiger partial charge in [-0.25, -0.2) is 0 Å². The van der Waals surface area contributed by atoms with Crippen LogP contribution in [0.25, 0.3) is 0 Å². The first-order chi connectivity index (χ1) is 10.5. The summed E-state index contributed by atoms with van der Waals surface area (Å²) in [7, 11) is 0. The van der Waals surface area contributed by atoms with Gasteiger partial charge < -0.3 is 27.6 Å². The highest BCUT2D eigenvalue weighted by Gasteiger charge is 2.19. The highest BCUT2D eigenvalue weighted by atomic mass is 16.3. The molecule has 0 saturated heterocycles. The van der Waals surface area contributed by atoms with Crippen molar-refractivity contribution in [2.75, 3.05) is 6.54 Å². The summed E-state index contributed by atoms with van der Waals surface area (Å²) >= 11 is 0. The van der Waals surface area contributed by atoms with Crippen molar-refractivity contribution in [1.82, 2.24) is 10.6 Å². The SMILES string of the molecule is NC(N)NCCCC(NC(=O)CCC1CC=CCC1)C(N)O. The molecule has 3 atom stereocenters. The van der Waals surface area contributed by atoms with E-state index in [-0.39, 0.29) is 5.91 Å². The quantitative estimate of drug-likeness (QED) is 0.182. The number of nitrogens with one attached hydrogen (secondary N) is 2. The van der Waals surface area contributed by atoms with E-state index >= 15 is 0 Å². The molecule has 0 saturated carbocycles. The summed E-state index contributed by atoms with van der Waals surface area (Å²) in [6.07, 6.45) is 8.74. The van der Waals surface area contributed by atoms with Crippen molar-refractivity contribution in [3.8, 4) is 0 Å². The molecule has 128 valence electrons. The lowest BCUT2D eigenvalue weighted by Gasteiger charge is -2.23. The molecule has 1 rings (SSSR count). The number of carbonyl (C=O) groups is 1. The fourth-order valence-electron chi connectivity index (χ4n) is 2.65. The van der Waals surface area contributed by atoms with Crippen LogP contribution in [0.4, 0.5) is 0 Å². The van der Waals surface area contributed by atoms with Crippen LogP contribution in [0.1, 0.15) is 44.9 Å². The molecule has 3 unspecified atom stereocenters. The summed E-state index contributed by atoms with van der Waals surface area (Å²) in [6, 6.07) is -0.436. The summed E-state index contributed by atoms with van der Waals surface area (Å²) in [5.74, 6) is 0.541. The molecule has 0 aromatic rings. The van der Waals surface area contributed by atoms with E-state index in [0.29, 0.717) is 25.3 Å². The van der Waals surface area contributed by atoms with Crippen LogP contribution < -0.4 is 27.8 Å². The molecular formula is C15H31N5O2. The minimum Gasteiger partial charge on any atom is -0.377 e. The van der Waals surface area contributed by atoms with E-state index in [4.69, 9.17) is 17.2 Å². The van der Waals surface area contributed by atoms with Crippen LogP contribution in [-0.2, 0) is 4.79 Å².